The standard InChI is InChI=1S/C18H19FN2O3S2/c1-21(2)26(23,24)14-5-3-4-12(10-14)18(22)20-16-8-9-25-17-7-6-13(19)11-15(16)17/h3-7,10-11,16H,8-9H2,1-2H3,(H,20,22)/t16-/m0/s1. The number of carbonyl (C=O) groups is 1. The summed E-state index contributed by atoms with van der Waals surface area (Å²) in [6.45, 7) is 0. The minimum absolute atomic E-state index is 0.0563. The van der Waals surface area contributed by atoms with Gasteiger partial charge < -0.3 is 5.32 Å². The monoisotopic (exact) mass is 394 g/mol. The lowest BCUT2D eigenvalue weighted by molar-refractivity contribution is 0.0934. The van der Waals surface area contributed by atoms with Crippen LogP contribution >= 0.6 is 11.8 Å². The van der Waals surface area contributed by atoms with Gasteiger partial charge in [0.15, 0.2) is 0 Å². The molecule has 2 aromatic rings. The van der Waals surface area contributed by atoms with E-state index in [0.29, 0.717) is 6.42 Å². The van der Waals surface area contributed by atoms with Gasteiger partial charge in [0.25, 0.3) is 5.91 Å². The molecule has 1 atom stereocenters. The van der Waals surface area contributed by atoms with Gasteiger partial charge in [-0.2, -0.15) is 0 Å². The number of benzene rings is 2. The first-order valence-electron chi connectivity index (χ1n) is 8.05. The molecule has 2 aromatic carbocycles. The molecule has 8 heteroatoms. The number of hydrogen-bond acceptors (Lipinski definition) is 4. The highest BCUT2D eigenvalue weighted by Crippen LogP contribution is 2.36. The molecular formula is C18H19FN2O3S2. The van der Waals surface area contributed by atoms with Crippen LogP contribution in [0.25, 0.3) is 0 Å². The van der Waals surface area contributed by atoms with E-state index in [-0.39, 0.29) is 28.2 Å². The quantitative estimate of drug-likeness (QED) is 0.866. The van der Waals surface area contributed by atoms with Crippen molar-refractivity contribution >= 4 is 27.7 Å². The van der Waals surface area contributed by atoms with Crippen LogP contribution in [-0.2, 0) is 10.0 Å². The van der Waals surface area contributed by atoms with Gasteiger partial charge in [-0.25, -0.2) is 17.1 Å². The number of thioether (sulfide) groups is 1. The van der Waals surface area contributed by atoms with Gasteiger partial charge >= 0.3 is 0 Å². The molecule has 1 amide bonds. The van der Waals surface area contributed by atoms with E-state index in [1.54, 1.807) is 23.9 Å². The number of fused-ring (bicyclic) bond motifs is 1. The van der Waals surface area contributed by atoms with Gasteiger partial charge in [0, 0.05) is 30.3 Å². The molecule has 0 aliphatic carbocycles. The molecule has 0 saturated carbocycles. The van der Waals surface area contributed by atoms with E-state index >= 15 is 0 Å². The average Bonchev–Trinajstić information content (AvgIpc) is 2.62. The lowest BCUT2D eigenvalue weighted by atomic mass is 10.0. The summed E-state index contributed by atoms with van der Waals surface area (Å²) in [7, 11) is -0.744. The topological polar surface area (TPSA) is 66.5 Å². The zero-order valence-corrected chi connectivity index (χ0v) is 16.0. The van der Waals surface area contributed by atoms with Crippen LogP contribution in [0.2, 0.25) is 0 Å². The number of rotatable bonds is 4. The van der Waals surface area contributed by atoms with E-state index in [2.05, 4.69) is 5.32 Å². The molecule has 1 aliphatic rings. The van der Waals surface area contributed by atoms with E-state index in [1.807, 2.05) is 0 Å². The molecule has 0 unspecified atom stereocenters. The molecule has 0 spiro atoms. The molecule has 1 heterocycles. The van der Waals surface area contributed by atoms with E-state index < -0.39 is 10.0 Å². The van der Waals surface area contributed by atoms with E-state index in [1.165, 1.54) is 44.4 Å². The molecule has 0 aromatic heterocycles. The summed E-state index contributed by atoms with van der Waals surface area (Å²) in [4.78, 5) is 13.6. The number of sulfonamides is 1. The maximum atomic E-state index is 13.6. The maximum Gasteiger partial charge on any atom is 0.251 e. The summed E-state index contributed by atoms with van der Waals surface area (Å²) >= 11 is 1.63. The van der Waals surface area contributed by atoms with Crippen LogP contribution in [0.15, 0.2) is 52.3 Å². The van der Waals surface area contributed by atoms with Crippen LogP contribution in [-0.4, -0.2) is 38.5 Å². The molecule has 5 nitrogen and oxygen atoms in total. The summed E-state index contributed by atoms with van der Waals surface area (Å²) in [5.74, 6) is 0.0935. The Labute approximate surface area is 156 Å². The molecule has 26 heavy (non-hydrogen) atoms. The van der Waals surface area contributed by atoms with Crippen LogP contribution < -0.4 is 5.32 Å². The number of halogens is 1. The molecule has 0 radical (unpaired) electrons. The number of carbonyl (C=O) groups excluding carboxylic acids is 1. The van der Waals surface area contributed by atoms with Crippen LogP contribution in [0, 0.1) is 5.82 Å². The Bertz CT molecular complexity index is 945. The zero-order valence-electron chi connectivity index (χ0n) is 14.4. The van der Waals surface area contributed by atoms with Gasteiger partial charge in [-0.3, -0.25) is 4.79 Å². The zero-order chi connectivity index (χ0) is 18.9. The third-order valence-corrected chi connectivity index (χ3v) is 7.13. The van der Waals surface area contributed by atoms with Crippen molar-refractivity contribution in [3.63, 3.8) is 0 Å². The lowest BCUT2D eigenvalue weighted by Gasteiger charge is -2.26. The third kappa shape index (κ3) is 3.77. The number of amides is 1. The molecule has 0 saturated heterocycles. The van der Waals surface area contributed by atoms with Crippen LogP contribution in [0.5, 0.6) is 0 Å². The number of nitrogens with zero attached hydrogens (tertiary/aromatic N) is 1. The molecule has 1 N–H and O–H groups in total. The Hall–Kier alpha value is -1.90. The van der Waals surface area contributed by atoms with Gasteiger partial charge in [-0.15, -0.1) is 11.8 Å². The minimum atomic E-state index is -3.62. The molecule has 0 fully saturated rings. The molecule has 138 valence electrons. The summed E-state index contributed by atoms with van der Waals surface area (Å²) < 4.78 is 39.2. The van der Waals surface area contributed by atoms with E-state index in [4.69, 9.17) is 0 Å². The molecule has 1 aliphatic heterocycles. The summed E-state index contributed by atoms with van der Waals surface area (Å²) in [5, 5.41) is 2.90. The number of hydrogen-bond donors (Lipinski definition) is 1. The van der Waals surface area contributed by atoms with Crippen molar-refractivity contribution in [2.75, 3.05) is 19.8 Å². The fraction of sp³-hybridized carbons (Fsp3) is 0.278. The second-order valence-electron chi connectivity index (χ2n) is 6.16. The van der Waals surface area contributed by atoms with E-state index in [0.717, 1.165) is 20.5 Å². The van der Waals surface area contributed by atoms with Gasteiger partial charge in [0.1, 0.15) is 5.82 Å². The van der Waals surface area contributed by atoms with Crippen molar-refractivity contribution in [2.45, 2.75) is 22.3 Å². The first kappa shape index (κ1) is 18.9. The van der Waals surface area contributed by atoms with E-state index in [9.17, 15) is 17.6 Å². The first-order valence-corrected chi connectivity index (χ1v) is 10.5. The van der Waals surface area contributed by atoms with Crippen LogP contribution in [0.3, 0.4) is 0 Å². The SMILES string of the molecule is CN(C)S(=O)(=O)c1cccc(C(=O)N[C@H]2CCSc3ccc(F)cc32)c1. The van der Waals surface area contributed by atoms with Gasteiger partial charge in [-0.05, 0) is 48.4 Å². The second kappa shape index (κ2) is 7.38. The van der Waals surface area contributed by atoms with Crippen molar-refractivity contribution in [3.8, 4) is 0 Å². The fourth-order valence-electron chi connectivity index (χ4n) is 2.77. The van der Waals surface area contributed by atoms with Crippen LogP contribution in [0.1, 0.15) is 28.4 Å². The predicted octanol–water partition coefficient (Wildman–Crippen LogP) is 3.04. The van der Waals surface area contributed by atoms with Gasteiger partial charge in [0.05, 0.1) is 10.9 Å². The Kier molecular flexibility index (Phi) is 5.36. The minimum Gasteiger partial charge on any atom is -0.345 e. The predicted molar refractivity (Wildman–Crippen MR) is 99.3 cm³/mol. The van der Waals surface area contributed by atoms with Gasteiger partial charge in [0.2, 0.25) is 10.0 Å². The highest BCUT2D eigenvalue weighted by molar-refractivity contribution is 7.99. The highest BCUT2D eigenvalue weighted by atomic mass is 32.2. The van der Waals surface area contributed by atoms with Crippen molar-refractivity contribution < 1.29 is 17.6 Å². The molecule has 3 rings (SSSR count). The Morgan fingerprint density at radius 2 is 2.00 bits per heavy atom. The average molecular weight is 394 g/mol. The van der Waals surface area contributed by atoms with Crippen molar-refractivity contribution in [2.24, 2.45) is 0 Å². The highest BCUT2D eigenvalue weighted by Gasteiger charge is 2.24. The van der Waals surface area contributed by atoms with Crippen molar-refractivity contribution in [1.82, 2.24) is 9.62 Å². The Balaban J connectivity index is 1.85. The Morgan fingerprint density at radius 1 is 1.23 bits per heavy atom. The molecular weight excluding hydrogens is 375 g/mol. The second-order valence-corrected chi connectivity index (χ2v) is 9.45. The fourth-order valence-corrected chi connectivity index (χ4v) is 4.82. The van der Waals surface area contributed by atoms with Crippen LogP contribution in [0.4, 0.5) is 4.39 Å². The first-order chi connectivity index (χ1) is 12.3. The number of nitrogens with one attached hydrogen (secondary N) is 1. The van der Waals surface area contributed by atoms with Crippen molar-refractivity contribution in [3.05, 3.63) is 59.4 Å². The normalized spacial score (nSPS) is 17.0. The third-order valence-electron chi connectivity index (χ3n) is 4.19. The maximum absolute atomic E-state index is 13.6. The lowest BCUT2D eigenvalue weighted by Crippen LogP contribution is -2.31. The van der Waals surface area contributed by atoms with Crippen molar-refractivity contribution in [1.29, 1.82) is 0 Å². The summed E-state index contributed by atoms with van der Waals surface area (Å²) in [6, 6.07) is 10.2. The summed E-state index contributed by atoms with van der Waals surface area (Å²) in [5.41, 5.74) is 1.01. The smallest absolute Gasteiger partial charge is 0.251 e. The molecule has 0 bridgehead atoms. The van der Waals surface area contributed by atoms with Gasteiger partial charge in [-0.1, -0.05) is 6.07 Å². The Morgan fingerprint density at radius 3 is 2.73 bits per heavy atom. The summed E-state index contributed by atoms with van der Waals surface area (Å²) in [6.07, 6.45) is 0.683. The largest absolute Gasteiger partial charge is 0.345 e.